The first-order valence-electron chi connectivity index (χ1n) is 5.23. The van der Waals surface area contributed by atoms with Gasteiger partial charge in [-0.05, 0) is 18.9 Å². The second-order valence-corrected chi connectivity index (χ2v) is 3.58. The first-order valence-corrected chi connectivity index (χ1v) is 5.23. The minimum absolute atomic E-state index is 0.0576. The fourth-order valence-corrected chi connectivity index (χ4v) is 1.33. The normalized spacial score (nSPS) is 20.8. The molecule has 1 N–H and O–H groups in total. The summed E-state index contributed by atoms with van der Waals surface area (Å²) in [5.41, 5.74) is 0. The van der Waals surface area contributed by atoms with Crippen LogP contribution in [-0.2, 0) is 9.47 Å². The monoisotopic (exact) mass is 239 g/mol. The summed E-state index contributed by atoms with van der Waals surface area (Å²) < 4.78 is 44.8. The topological polar surface area (TPSA) is 30.5 Å². The smallest absolute Gasteiger partial charge is 0.411 e. The summed E-state index contributed by atoms with van der Waals surface area (Å²) in [7, 11) is 0. The number of hydrogen-bond donors (Lipinski definition) is 1. The Labute approximate surface area is 92.6 Å². The molecule has 0 bridgehead atoms. The van der Waals surface area contributed by atoms with Crippen molar-refractivity contribution in [3.8, 4) is 0 Å². The SMILES string of the molecule is FC(F)(F)COCCNCC1CCC=CO1. The molecule has 16 heavy (non-hydrogen) atoms. The molecule has 1 aliphatic rings. The zero-order valence-corrected chi connectivity index (χ0v) is 8.93. The van der Waals surface area contributed by atoms with Gasteiger partial charge in [0.15, 0.2) is 0 Å². The van der Waals surface area contributed by atoms with E-state index in [1.165, 1.54) is 0 Å². The van der Waals surface area contributed by atoms with Crippen LogP contribution in [0.15, 0.2) is 12.3 Å². The highest BCUT2D eigenvalue weighted by atomic mass is 19.4. The van der Waals surface area contributed by atoms with E-state index in [-0.39, 0.29) is 12.7 Å². The molecule has 1 rings (SSSR count). The molecule has 0 aliphatic carbocycles. The molecule has 1 aliphatic heterocycles. The van der Waals surface area contributed by atoms with Crippen molar-refractivity contribution >= 4 is 0 Å². The molecule has 0 fully saturated rings. The van der Waals surface area contributed by atoms with Gasteiger partial charge in [0.05, 0.1) is 12.9 Å². The lowest BCUT2D eigenvalue weighted by molar-refractivity contribution is -0.173. The maximum absolute atomic E-state index is 11.7. The highest BCUT2D eigenvalue weighted by Crippen LogP contribution is 2.14. The first kappa shape index (κ1) is 13.3. The van der Waals surface area contributed by atoms with Gasteiger partial charge < -0.3 is 14.8 Å². The fraction of sp³-hybridized carbons (Fsp3) is 0.800. The van der Waals surface area contributed by atoms with Crippen molar-refractivity contribution in [3.05, 3.63) is 12.3 Å². The Morgan fingerprint density at radius 3 is 2.88 bits per heavy atom. The number of allylic oxidation sites excluding steroid dienone is 1. The Bertz CT molecular complexity index is 219. The van der Waals surface area contributed by atoms with Crippen LogP contribution in [0.25, 0.3) is 0 Å². The van der Waals surface area contributed by atoms with Crippen LogP contribution < -0.4 is 5.32 Å². The fourth-order valence-electron chi connectivity index (χ4n) is 1.33. The molecular formula is C10H16F3NO2. The van der Waals surface area contributed by atoms with E-state index in [2.05, 4.69) is 10.1 Å². The Hall–Kier alpha value is -0.750. The third-order valence-electron chi connectivity index (χ3n) is 2.08. The van der Waals surface area contributed by atoms with Gasteiger partial charge in [-0.15, -0.1) is 0 Å². The summed E-state index contributed by atoms with van der Waals surface area (Å²) in [6.45, 7) is -0.0845. The van der Waals surface area contributed by atoms with E-state index in [1.807, 2.05) is 6.08 Å². The summed E-state index contributed by atoms with van der Waals surface area (Å²) >= 11 is 0. The van der Waals surface area contributed by atoms with Gasteiger partial charge in [0.25, 0.3) is 0 Å². The summed E-state index contributed by atoms with van der Waals surface area (Å²) in [6, 6.07) is 0. The van der Waals surface area contributed by atoms with Gasteiger partial charge in [0, 0.05) is 13.1 Å². The Balaban J connectivity index is 1.90. The molecule has 0 spiro atoms. The first-order chi connectivity index (χ1) is 7.58. The van der Waals surface area contributed by atoms with E-state index in [9.17, 15) is 13.2 Å². The van der Waals surface area contributed by atoms with Crippen LogP contribution in [0.4, 0.5) is 13.2 Å². The van der Waals surface area contributed by atoms with Crippen molar-refractivity contribution in [2.45, 2.75) is 25.1 Å². The summed E-state index contributed by atoms with van der Waals surface area (Å²) in [4.78, 5) is 0. The van der Waals surface area contributed by atoms with Crippen LogP contribution in [-0.4, -0.2) is 38.6 Å². The molecule has 0 aromatic carbocycles. The summed E-state index contributed by atoms with van der Waals surface area (Å²) in [5.74, 6) is 0. The summed E-state index contributed by atoms with van der Waals surface area (Å²) in [6.07, 6.45) is 1.41. The van der Waals surface area contributed by atoms with Gasteiger partial charge in [0.2, 0.25) is 0 Å². The predicted octanol–water partition coefficient (Wildman–Crippen LogP) is 1.85. The van der Waals surface area contributed by atoms with Crippen molar-refractivity contribution in [3.63, 3.8) is 0 Å². The molecule has 0 aromatic rings. The Morgan fingerprint density at radius 2 is 2.25 bits per heavy atom. The lowest BCUT2D eigenvalue weighted by Gasteiger charge is -2.19. The lowest BCUT2D eigenvalue weighted by Crippen LogP contribution is -2.32. The third kappa shape index (κ3) is 6.68. The molecule has 3 nitrogen and oxygen atoms in total. The van der Waals surface area contributed by atoms with E-state index in [1.54, 1.807) is 6.26 Å². The van der Waals surface area contributed by atoms with Crippen LogP contribution in [0.5, 0.6) is 0 Å². The second-order valence-electron chi connectivity index (χ2n) is 3.58. The highest BCUT2D eigenvalue weighted by Gasteiger charge is 2.27. The van der Waals surface area contributed by atoms with Gasteiger partial charge in [0.1, 0.15) is 12.7 Å². The van der Waals surface area contributed by atoms with Gasteiger partial charge in [-0.1, -0.05) is 0 Å². The maximum Gasteiger partial charge on any atom is 0.411 e. The molecule has 0 saturated carbocycles. The quantitative estimate of drug-likeness (QED) is 0.717. The van der Waals surface area contributed by atoms with Gasteiger partial charge >= 0.3 is 6.18 Å². The van der Waals surface area contributed by atoms with Gasteiger partial charge in [-0.3, -0.25) is 0 Å². The molecule has 0 amide bonds. The predicted molar refractivity (Wildman–Crippen MR) is 53.0 cm³/mol. The van der Waals surface area contributed by atoms with E-state index in [0.717, 1.165) is 12.8 Å². The van der Waals surface area contributed by atoms with E-state index >= 15 is 0 Å². The van der Waals surface area contributed by atoms with Crippen LogP contribution in [0.3, 0.4) is 0 Å². The average molecular weight is 239 g/mol. The zero-order chi connectivity index (χ0) is 11.9. The van der Waals surface area contributed by atoms with E-state index < -0.39 is 12.8 Å². The molecule has 0 aromatic heterocycles. The lowest BCUT2D eigenvalue weighted by atomic mass is 10.1. The van der Waals surface area contributed by atoms with Crippen LogP contribution in [0, 0.1) is 0 Å². The number of hydrogen-bond acceptors (Lipinski definition) is 3. The van der Waals surface area contributed by atoms with Crippen LogP contribution in [0.1, 0.15) is 12.8 Å². The standard InChI is InChI=1S/C10H16F3NO2/c11-10(12,13)8-15-6-4-14-7-9-3-1-2-5-16-9/h2,5,9,14H,1,3-4,6-8H2. The second kappa shape index (κ2) is 6.75. The number of halogens is 3. The average Bonchev–Trinajstić information content (AvgIpc) is 2.23. The minimum Gasteiger partial charge on any atom is -0.497 e. The Kier molecular flexibility index (Phi) is 5.62. The van der Waals surface area contributed by atoms with Crippen molar-refractivity contribution in [2.75, 3.05) is 26.3 Å². The molecule has 1 heterocycles. The van der Waals surface area contributed by atoms with E-state index in [0.29, 0.717) is 13.1 Å². The van der Waals surface area contributed by atoms with Crippen LogP contribution >= 0.6 is 0 Å². The van der Waals surface area contributed by atoms with Crippen molar-refractivity contribution in [2.24, 2.45) is 0 Å². The Morgan fingerprint density at radius 1 is 1.44 bits per heavy atom. The number of ether oxygens (including phenoxy) is 2. The molecule has 0 radical (unpaired) electrons. The molecular weight excluding hydrogens is 223 g/mol. The molecule has 1 unspecified atom stereocenters. The molecule has 1 atom stereocenters. The third-order valence-corrected chi connectivity index (χ3v) is 2.08. The molecule has 6 heteroatoms. The van der Waals surface area contributed by atoms with Crippen molar-refractivity contribution < 1.29 is 22.6 Å². The van der Waals surface area contributed by atoms with Crippen LogP contribution in [0.2, 0.25) is 0 Å². The number of nitrogens with one attached hydrogen (secondary N) is 1. The van der Waals surface area contributed by atoms with Gasteiger partial charge in [-0.25, -0.2) is 0 Å². The van der Waals surface area contributed by atoms with Crippen molar-refractivity contribution in [1.29, 1.82) is 0 Å². The highest BCUT2D eigenvalue weighted by molar-refractivity contribution is 4.82. The largest absolute Gasteiger partial charge is 0.497 e. The van der Waals surface area contributed by atoms with Crippen molar-refractivity contribution in [1.82, 2.24) is 5.32 Å². The molecule has 94 valence electrons. The zero-order valence-electron chi connectivity index (χ0n) is 8.93. The molecule has 0 saturated heterocycles. The number of alkyl halides is 3. The maximum atomic E-state index is 11.7. The van der Waals surface area contributed by atoms with E-state index in [4.69, 9.17) is 4.74 Å². The number of rotatable bonds is 6. The van der Waals surface area contributed by atoms with Gasteiger partial charge in [-0.2, -0.15) is 13.2 Å². The minimum atomic E-state index is -4.24. The summed E-state index contributed by atoms with van der Waals surface area (Å²) in [5, 5.41) is 2.99.